The number of carbonyl (C=O) groups is 1. The van der Waals surface area contributed by atoms with E-state index < -0.39 is 0 Å². The van der Waals surface area contributed by atoms with Crippen molar-refractivity contribution in [1.29, 1.82) is 0 Å². The molecule has 0 aliphatic heterocycles. The van der Waals surface area contributed by atoms with Crippen LogP contribution in [0, 0.1) is 0 Å². The van der Waals surface area contributed by atoms with Gasteiger partial charge in [-0.3, -0.25) is 14.3 Å². The minimum absolute atomic E-state index is 0.346. The maximum absolute atomic E-state index is 12.3. The summed E-state index contributed by atoms with van der Waals surface area (Å²) < 4.78 is 1.74. The van der Waals surface area contributed by atoms with E-state index in [4.69, 9.17) is 16.4 Å². The molecule has 0 fully saturated rings. The summed E-state index contributed by atoms with van der Waals surface area (Å²) in [4.78, 5) is 17.0. The number of hydroxylamine groups is 1. The van der Waals surface area contributed by atoms with Gasteiger partial charge >= 0.3 is 0 Å². The molecule has 1 aromatic heterocycles. The molecule has 6 heteroatoms. The van der Waals surface area contributed by atoms with Crippen molar-refractivity contribution in [2.45, 2.75) is 6.54 Å². The molecule has 122 valence electrons. The van der Waals surface area contributed by atoms with Crippen molar-refractivity contribution in [1.82, 2.24) is 15.3 Å². The molecule has 0 saturated heterocycles. The molecule has 0 aliphatic rings. The molecule has 3 rings (SSSR count). The number of rotatable bonds is 5. The third-order valence-corrected chi connectivity index (χ3v) is 3.76. The molecule has 0 bridgehead atoms. The zero-order valence-corrected chi connectivity index (χ0v) is 13.8. The van der Waals surface area contributed by atoms with Gasteiger partial charge in [0, 0.05) is 16.8 Å². The van der Waals surface area contributed by atoms with Crippen molar-refractivity contribution < 1.29 is 9.63 Å². The molecule has 0 spiro atoms. The first kappa shape index (κ1) is 16.2. The standard InChI is InChI=1S/C18H16ClN3O2/c1-24-21-18(23)16-12-22(11-13-5-3-2-4-6-13)20-17(16)14-7-9-15(19)10-8-14/h2-10,12H,11H2,1H3,(H,21,23). The van der Waals surface area contributed by atoms with Crippen LogP contribution in [-0.2, 0) is 11.4 Å². The number of aromatic nitrogens is 2. The molecular formula is C18H16ClN3O2. The maximum atomic E-state index is 12.3. The predicted molar refractivity (Wildman–Crippen MR) is 92.7 cm³/mol. The highest BCUT2D eigenvalue weighted by Gasteiger charge is 2.18. The first-order chi connectivity index (χ1) is 11.7. The van der Waals surface area contributed by atoms with E-state index >= 15 is 0 Å². The molecule has 1 amide bonds. The average molecular weight is 342 g/mol. The zero-order valence-electron chi connectivity index (χ0n) is 13.1. The van der Waals surface area contributed by atoms with E-state index in [1.807, 2.05) is 42.5 Å². The highest BCUT2D eigenvalue weighted by molar-refractivity contribution is 6.30. The summed E-state index contributed by atoms with van der Waals surface area (Å²) in [6.07, 6.45) is 1.71. The molecule has 0 unspecified atom stereocenters. The van der Waals surface area contributed by atoms with Gasteiger partial charge in [0.15, 0.2) is 0 Å². The minimum atomic E-state index is -0.346. The van der Waals surface area contributed by atoms with Gasteiger partial charge in [-0.15, -0.1) is 0 Å². The average Bonchev–Trinajstić information content (AvgIpc) is 3.00. The number of carbonyl (C=O) groups excluding carboxylic acids is 1. The molecule has 24 heavy (non-hydrogen) atoms. The molecule has 0 saturated carbocycles. The second-order valence-electron chi connectivity index (χ2n) is 5.22. The van der Waals surface area contributed by atoms with E-state index in [0.717, 1.165) is 11.1 Å². The van der Waals surface area contributed by atoms with Crippen LogP contribution in [0.1, 0.15) is 15.9 Å². The fourth-order valence-corrected chi connectivity index (χ4v) is 2.53. The maximum Gasteiger partial charge on any atom is 0.278 e. The smallest absolute Gasteiger partial charge is 0.277 e. The van der Waals surface area contributed by atoms with Crippen LogP contribution in [0.2, 0.25) is 5.02 Å². The third-order valence-electron chi connectivity index (χ3n) is 3.51. The van der Waals surface area contributed by atoms with E-state index in [1.165, 1.54) is 7.11 Å². The monoisotopic (exact) mass is 341 g/mol. The van der Waals surface area contributed by atoms with E-state index in [-0.39, 0.29) is 5.91 Å². The highest BCUT2D eigenvalue weighted by atomic mass is 35.5. The second kappa shape index (κ2) is 7.29. The first-order valence-electron chi connectivity index (χ1n) is 7.38. The van der Waals surface area contributed by atoms with Gasteiger partial charge in [-0.2, -0.15) is 5.10 Å². The third kappa shape index (κ3) is 3.64. The Hall–Kier alpha value is -2.63. The van der Waals surface area contributed by atoms with Crippen LogP contribution in [0.15, 0.2) is 60.8 Å². The zero-order chi connectivity index (χ0) is 16.9. The summed E-state index contributed by atoms with van der Waals surface area (Å²) in [6, 6.07) is 17.1. The van der Waals surface area contributed by atoms with E-state index in [9.17, 15) is 4.79 Å². The van der Waals surface area contributed by atoms with Crippen molar-refractivity contribution in [3.05, 3.63) is 76.9 Å². The van der Waals surface area contributed by atoms with Crippen molar-refractivity contribution in [3.63, 3.8) is 0 Å². The molecule has 1 N–H and O–H groups in total. The van der Waals surface area contributed by atoms with Gasteiger partial charge in [-0.05, 0) is 17.7 Å². The Kier molecular flexibility index (Phi) is 4.93. The summed E-state index contributed by atoms with van der Waals surface area (Å²) in [7, 11) is 1.40. The van der Waals surface area contributed by atoms with Crippen LogP contribution in [0.5, 0.6) is 0 Å². The topological polar surface area (TPSA) is 56.1 Å². The lowest BCUT2D eigenvalue weighted by atomic mass is 10.1. The van der Waals surface area contributed by atoms with E-state index in [1.54, 1.807) is 23.0 Å². The van der Waals surface area contributed by atoms with Crippen molar-refractivity contribution in [3.8, 4) is 11.3 Å². The largest absolute Gasteiger partial charge is 0.278 e. The second-order valence-corrected chi connectivity index (χ2v) is 5.65. The van der Waals surface area contributed by atoms with Crippen molar-refractivity contribution in [2.24, 2.45) is 0 Å². The van der Waals surface area contributed by atoms with Crippen molar-refractivity contribution in [2.75, 3.05) is 7.11 Å². The summed E-state index contributed by atoms with van der Waals surface area (Å²) >= 11 is 5.94. The van der Waals surface area contributed by atoms with Gasteiger partial charge in [-0.25, -0.2) is 5.48 Å². The number of nitrogens with zero attached hydrogens (tertiary/aromatic N) is 2. The molecular weight excluding hydrogens is 326 g/mol. The number of hydrogen-bond donors (Lipinski definition) is 1. The fraction of sp³-hybridized carbons (Fsp3) is 0.111. The number of amides is 1. The Bertz CT molecular complexity index is 829. The lowest BCUT2D eigenvalue weighted by Gasteiger charge is -2.02. The van der Waals surface area contributed by atoms with Crippen LogP contribution < -0.4 is 5.48 Å². The SMILES string of the molecule is CONC(=O)c1cn(Cc2ccccc2)nc1-c1ccc(Cl)cc1. The summed E-state index contributed by atoms with van der Waals surface area (Å²) in [5.41, 5.74) is 5.27. The Labute approximate surface area is 144 Å². The van der Waals surface area contributed by atoms with E-state index in [2.05, 4.69) is 10.6 Å². The van der Waals surface area contributed by atoms with Gasteiger partial charge in [0.2, 0.25) is 0 Å². The fourth-order valence-electron chi connectivity index (χ4n) is 2.41. The Balaban J connectivity index is 1.99. The lowest BCUT2D eigenvalue weighted by molar-refractivity contribution is 0.0538. The first-order valence-corrected chi connectivity index (χ1v) is 7.76. The van der Waals surface area contributed by atoms with Crippen LogP contribution >= 0.6 is 11.6 Å². The Morgan fingerprint density at radius 2 is 1.88 bits per heavy atom. The number of nitrogens with one attached hydrogen (secondary N) is 1. The van der Waals surface area contributed by atoms with Crippen LogP contribution in [0.3, 0.4) is 0 Å². The molecule has 5 nitrogen and oxygen atoms in total. The van der Waals surface area contributed by atoms with Gasteiger partial charge in [0.25, 0.3) is 5.91 Å². The molecule has 1 heterocycles. The van der Waals surface area contributed by atoms with Gasteiger partial charge in [0.1, 0.15) is 5.69 Å². The van der Waals surface area contributed by atoms with Crippen LogP contribution in [0.4, 0.5) is 0 Å². The van der Waals surface area contributed by atoms with Gasteiger partial charge in [0.05, 0.1) is 19.2 Å². The quantitative estimate of drug-likeness (QED) is 0.722. The normalized spacial score (nSPS) is 10.6. The molecule has 2 aromatic carbocycles. The number of halogens is 1. The Morgan fingerprint density at radius 3 is 2.54 bits per heavy atom. The minimum Gasteiger partial charge on any atom is -0.277 e. The molecule has 3 aromatic rings. The number of hydrogen-bond acceptors (Lipinski definition) is 3. The molecule has 0 radical (unpaired) electrons. The summed E-state index contributed by atoms with van der Waals surface area (Å²) in [5.74, 6) is -0.346. The predicted octanol–water partition coefficient (Wildman–Crippen LogP) is 3.54. The van der Waals surface area contributed by atoms with Gasteiger partial charge in [-0.1, -0.05) is 54.1 Å². The highest BCUT2D eigenvalue weighted by Crippen LogP contribution is 2.24. The van der Waals surface area contributed by atoms with Crippen LogP contribution in [0.25, 0.3) is 11.3 Å². The van der Waals surface area contributed by atoms with Crippen LogP contribution in [-0.4, -0.2) is 22.8 Å². The van der Waals surface area contributed by atoms with Crippen molar-refractivity contribution >= 4 is 17.5 Å². The van der Waals surface area contributed by atoms with Gasteiger partial charge < -0.3 is 0 Å². The summed E-state index contributed by atoms with van der Waals surface area (Å²) in [5, 5.41) is 5.20. The Morgan fingerprint density at radius 1 is 1.17 bits per heavy atom. The number of benzene rings is 2. The summed E-state index contributed by atoms with van der Waals surface area (Å²) in [6.45, 7) is 0.571. The molecule has 0 atom stereocenters. The molecule has 0 aliphatic carbocycles. The lowest BCUT2D eigenvalue weighted by Crippen LogP contribution is -2.21. The van der Waals surface area contributed by atoms with E-state index in [0.29, 0.717) is 22.8 Å².